The van der Waals surface area contributed by atoms with E-state index in [9.17, 15) is 0 Å². The van der Waals surface area contributed by atoms with Crippen LogP contribution in [0.15, 0.2) is 24.5 Å². The molecule has 1 aliphatic carbocycles. The molecule has 0 spiro atoms. The van der Waals surface area contributed by atoms with Crippen LogP contribution in [0, 0.1) is 12.8 Å². The highest BCUT2D eigenvalue weighted by atomic mass is 15.0. The van der Waals surface area contributed by atoms with Crippen molar-refractivity contribution in [3.63, 3.8) is 0 Å². The molecule has 2 heterocycles. The average Bonchev–Trinajstić information content (AvgIpc) is 2.75. The van der Waals surface area contributed by atoms with Crippen LogP contribution in [-0.4, -0.2) is 9.38 Å². The van der Waals surface area contributed by atoms with E-state index >= 15 is 0 Å². The molecule has 2 nitrogen and oxygen atoms in total. The van der Waals surface area contributed by atoms with Gasteiger partial charge in [-0.2, -0.15) is 0 Å². The summed E-state index contributed by atoms with van der Waals surface area (Å²) in [5.74, 6) is 1.55. The molecule has 14 heavy (non-hydrogen) atoms. The molecule has 2 aromatic rings. The number of hydrogen-bond donors (Lipinski definition) is 0. The molecule has 0 aliphatic heterocycles. The molecule has 2 heteroatoms. The van der Waals surface area contributed by atoms with Crippen molar-refractivity contribution in [1.82, 2.24) is 9.38 Å². The van der Waals surface area contributed by atoms with Crippen molar-refractivity contribution in [2.75, 3.05) is 0 Å². The highest BCUT2D eigenvalue weighted by Crippen LogP contribution is 2.46. The van der Waals surface area contributed by atoms with E-state index in [1.807, 2.05) is 0 Å². The zero-order valence-corrected chi connectivity index (χ0v) is 8.57. The summed E-state index contributed by atoms with van der Waals surface area (Å²) in [7, 11) is 0. The maximum absolute atomic E-state index is 4.69. The van der Waals surface area contributed by atoms with Gasteiger partial charge in [0.1, 0.15) is 5.65 Å². The lowest BCUT2D eigenvalue weighted by Gasteiger charge is -1.93. The van der Waals surface area contributed by atoms with Crippen molar-refractivity contribution in [2.24, 2.45) is 5.92 Å². The lowest BCUT2D eigenvalue weighted by atomic mass is 10.3. The number of nitrogens with zero attached hydrogens (tertiary/aromatic N) is 2. The first-order valence-electron chi connectivity index (χ1n) is 5.20. The molecule has 1 fully saturated rings. The number of fused-ring (bicyclic) bond motifs is 1. The molecule has 2 atom stereocenters. The Morgan fingerprint density at radius 2 is 2.29 bits per heavy atom. The van der Waals surface area contributed by atoms with Crippen molar-refractivity contribution in [3.05, 3.63) is 35.8 Å². The predicted octanol–water partition coefficient (Wildman–Crippen LogP) is 2.77. The maximum Gasteiger partial charge on any atom is 0.139 e. The monoisotopic (exact) mass is 186 g/mol. The normalized spacial score (nSPS) is 25.6. The van der Waals surface area contributed by atoms with E-state index in [1.165, 1.54) is 17.7 Å². The Morgan fingerprint density at radius 3 is 2.93 bits per heavy atom. The van der Waals surface area contributed by atoms with E-state index < -0.39 is 0 Å². The van der Waals surface area contributed by atoms with Crippen LogP contribution in [0.25, 0.3) is 5.65 Å². The van der Waals surface area contributed by atoms with Crippen LogP contribution < -0.4 is 0 Å². The zero-order chi connectivity index (χ0) is 9.71. The van der Waals surface area contributed by atoms with Gasteiger partial charge in [-0.25, -0.2) is 4.98 Å². The van der Waals surface area contributed by atoms with Crippen LogP contribution in [0.1, 0.15) is 30.5 Å². The molecule has 0 aromatic carbocycles. The Bertz CT molecular complexity index is 484. The maximum atomic E-state index is 4.69. The Balaban J connectivity index is 2.16. The second-order valence-corrected chi connectivity index (χ2v) is 4.41. The Hall–Kier alpha value is -1.31. The fourth-order valence-corrected chi connectivity index (χ4v) is 2.09. The topological polar surface area (TPSA) is 17.3 Å². The molecule has 1 saturated carbocycles. The molecule has 3 rings (SSSR count). The lowest BCUT2D eigenvalue weighted by molar-refractivity contribution is 0.894. The fourth-order valence-electron chi connectivity index (χ4n) is 2.09. The summed E-state index contributed by atoms with van der Waals surface area (Å²) in [5, 5.41) is 0. The summed E-state index contributed by atoms with van der Waals surface area (Å²) in [6.45, 7) is 4.41. The third-order valence-electron chi connectivity index (χ3n) is 3.19. The number of aryl methyl sites for hydroxylation is 1. The molecule has 0 N–H and O–H groups in total. The summed E-state index contributed by atoms with van der Waals surface area (Å²) in [6.07, 6.45) is 5.56. The van der Waals surface area contributed by atoms with Crippen molar-refractivity contribution in [1.29, 1.82) is 0 Å². The second kappa shape index (κ2) is 2.59. The number of pyridine rings is 1. The van der Waals surface area contributed by atoms with Gasteiger partial charge in [0, 0.05) is 18.3 Å². The van der Waals surface area contributed by atoms with Crippen molar-refractivity contribution >= 4 is 5.65 Å². The van der Waals surface area contributed by atoms with E-state index in [2.05, 4.69) is 47.8 Å². The van der Waals surface area contributed by atoms with Crippen molar-refractivity contribution in [3.8, 4) is 0 Å². The number of aromatic nitrogens is 2. The molecule has 0 saturated heterocycles. The van der Waals surface area contributed by atoms with Gasteiger partial charge in [0.05, 0.1) is 5.69 Å². The molecule has 0 radical (unpaired) electrons. The molecule has 72 valence electrons. The summed E-state index contributed by atoms with van der Waals surface area (Å²) < 4.78 is 2.13. The van der Waals surface area contributed by atoms with Crippen molar-refractivity contribution < 1.29 is 0 Å². The van der Waals surface area contributed by atoms with E-state index in [4.69, 9.17) is 0 Å². The fraction of sp³-hybridized carbons (Fsp3) is 0.417. The van der Waals surface area contributed by atoms with E-state index in [0.717, 1.165) is 11.6 Å². The molecule has 2 unspecified atom stereocenters. The van der Waals surface area contributed by atoms with Crippen molar-refractivity contribution in [2.45, 2.75) is 26.2 Å². The van der Waals surface area contributed by atoms with Gasteiger partial charge in [-0.1, -0.05) is 13.0 Å². The molecular weight excluding hydrogens is 172 g/mol. The standard InChI is InChI=1S/C12H14N2/c1-8-4-3-5-14-7-11(13-12(8)14)10-6-9(10)2/h3-5,7,9-10H,6H2,1-2H3. The summed E-state index contributed by atoms with van der Waals surface area (Å²) in [6, 6.07) is 4.19. The van der Waals surface area contributed by atoms with Gasteiger partial charge in [-0.15, -0.1) is 0 Å². The SMILES string of the molecule is Cc1cccn2cc(C3CC3C)nc12. The van der Waals surface area contributed by atoms with Gasteiger partial charge in [0.2, 0.25) is 0 Å². The van der Waals surface area contributed by atoms with E-state index in [0.29, 0.717) is 5.92 Å². The number of imidazole rings is 1. The highest BCUT2D eigenvalue weighted by Gasteiger charge is 2.35. The van der Waals surface area contributed by atoms with Crippen LogP contribution in [0.3, 0.4) is 0 Å². The minimum absolute atomic E-state index is 0.717. The molecule has 1 aliphatic rings. The number of hydrogen-bond acceptors (Lipinski definition) is 1. The first kappa shape index (κ1) is 8.04. The minimum Gasteiger partial charge on any atom is -0.307 e. The summed E-state index contributed by atoms with van der Waals surface area (Å²) >= 11 is 0. The molecule has 0 amide bonds. The van der Waals surface area contributed by atoms with Crippen LogP contribution in [0.2, 0.25) is 0 Å². The molecule has 0 bridgehead atoms. The quantitative estimate of drug-likeness (QED) is 0.669. The smallest absolute Gasteiger partial charge is 0.139 e. The minimum atomic E-state index is 0.717. The van der Waals surface area contributed by atoms with Gasteiger partial charge in [0.25, 0.3) is 0 Å². The largest absolute Gasteiger partial charge is 0.307 e. The van der Waals surface area contributed by atoms with E-state index in [-0.39, 0.29) is 0 Å². The van der Waals surface area contributed by atoms with Gasteiger partial charge in [-0.3, -0.25) is 0 Å². The van der Waals surface area contributed by atoms with Gasteiger partial charge in [0.15, 0.2) is 0 Å². The average molecular weight is 186 g/mol. The third kappa shape index (κ3) is 1.07. The lowest BCUT2D eigenvalue weighted by Crippen LogP contribution is -1.84. The first-order chi connectivity index (χ1) is 6.75. The first-order valence-corrected chi connectivity index (χ1v) is 5.20. The number of rotatable bonds is 1. The van der Waals surface area contributed by atoms with Gasteiger partial charge >= 0.3 is 0 Å². The Labute approximate surface area is 83.6 Å². The zero-order valence-electron chi connectivity index (χ0n) is 8.57. The van der Waals surface area contributed by atoms with E-state index in [1.54, 1.807) is 0 Å². The Morgan fingerprint density at radius 1 is 1.50 bits per heavy atom. The molecular formula is C12H14N2. The summed E-state index contributed by atoms with van der Waals surface area (Å²) in [5.41, 5.74) is 3.64. The van der Waals surface area contributed by atoms with Crippen LogP contribution in [0.4, 0.5) is 0 Å². The van der Waals surface area contributed by atoms with Gasteiger partial charge < -0.3 is 4.40 Å². The van der Waals surface area contributed by atoms with Crippen LogP contribution in [0.5, 0.6) is 0 Å². The van der Waals surface area contributed by atoms with Gasteiger partial charge in [-0.05, 0) is 30.9 Å². The molecule has 2 aromatic heterocycles. The second-order valence-electron chi connectivity index (χ2n) is 4.41. The summed E-state index contributed by atoms with van der Waals surface area (Å²) in [4.78, 5) is 4.69. The third-order valence-corrected chi connectivity index (χ3v) is 3.19. The Kier molecular flexibility index (Phi) is 1.49. The predicted molar refractivity (Wildman–Crippen MR) is 56.5 cm³/mol. The van der Waals surface area contributed by atoms with Crippen LogP contribution in [-0.2, 0) is 0 Å². The van der Waals surface area contributed by atoms with Crippen LogP contribution >= 0.6 is 0 Å². The highest BCUT2D eigenvalue weighted by molar-refractivity contribution is 5.48.